The summed E-state index contributed by atoms with van der Waals surface area (Å²) in [5, 5.41) is 11.3. The van der Waals surface area contributed by atoms with Gasteiger partial charge in [-0.3, -0.25) is 14.0 Å². The van der Waals surface area contributed by atoms with Gasteiger partial charge in [0.05, 0.1) is 11.6 Å². The van der Waals surface area contributed by atoms with Gasteiger partial charge in [-0.1, -0.05) is 36.7 Å². The molecule has 1 amide bonds. The summed E-state index contributed by atoms with van der Waals surface area (Å²) in [6, 6.07) is 6.90. The van der Waals surface area contributed by atoms with E-state index in [-0.39, 0.29) is 11.3 Å². The van der Waals surface area contributed by atoms with Gasteiger partial charge in [0.15, 0.2) is 15.8 Å². The molecule has 142 valence electrons. The number of hydrazone groups is 1. The minimum absolute atomic E-state index is 0.140. The molecule has 4 rings (SSSR count). The maximum atomic E-state index is 12.7. The molecule has 0 aliphatic heterocycles. The fourth-order valence-electron chi connectivity index (χ4n) is 2.86. The number of benzene rings is 1. The normalized spacial score (nSPS) is 11.6. The van der Waals surface area contributed by atoms with Crippen LogP contribution < -0.4 is 11.0 Å². The number of halogens is 1. The number of aryl methyl sites for hydroxylation is 1. The molecule has 0 atom stereocenters. The number of hydrogen-bond donors (Lipinski definition) is 1. The Morgan fingerprint density at radius 1 is 1.36 bits per heavy atom. The third-order valence-electron chi connectivity index (χ3n) is 4.13. The average molecular weight is 415 g/mol. The molecular formula is C18H15ClN6O2S. The van der Waals surface area contributed by atoms with E-state index in [1.165, 1.54) is 22.2 Å². The number of aromatic nitrogens is 4. The average Bonchev–Trinajstić information content (AvgIpc) is 3.26. The molecule has 0 saturated carbocycles. The lowest BCUT2D eigenvalue weighted by Crippen LogP contribution is -2.29. The van der Waals surface area contributed by atoms with Gasteiger partial charge in [0.25, 0.3) is 11.5 Å². The van der Waals surface area contributed by atoms with E-state index in [1.54, 1.807) is 28.7 Å². The number of amides is 1. The smallest absolute Gasteiger partial charge is 0.288 e. The number of fused-ring (bicyclic) bond motifs is 2. The molecule has 1 N–H and O–H groups in total. The predicted octanol–water partition coefficient (Wildman–Crippen LogP) is 2.93. The lowest BCUT2D eigenvalue weighted by atomic mass is 10.1. The van der Waals surface area contributed by atoms with Gasteiger partial charge in [0.2, 0.25) is 0 Å². The van der Waals surface area contributed by atoms with Crippen LogP contribution in [0.25, 0.3) is 15.7 Å². The largest absolute Gasteiger partial charge is 0.292 e. The van der Waals surface area contributed by atoms with Crippen LogP contribution in [-0.2, 0) is 6.54 Å². The van der Waals surface area contributed by atoms with Gasteiger partial charge in [-0.15, -0.1) is 11.3 Å². The van der Waals surface area contributed by atoms with E-state index in [4.69, 9.17) is 11.6 Å². The van der Waals surface area contributed by atoms with E-state index >= 15 is 0 Å². The van der Waals surface area contributed by atoms with Crippen molar-refractivity contribution in [2.75, 3.05) is 0 Å². The standard InChI is InChI=1S/C18H15ClN6O2S/c1-2-7-25-17(27)12-6-4-3-5-11(12)14(23-25)16(26)22-20-10-13-15(19)21-18-24(13)8-9-28-18/h3-6,8-10H,2,7H2,1H3,(H,22,26)/b20-10-. The lowest BCUT2D eigenvalue weighted by molar-refractivity contribution is 0.0949. The topological polar surface area (TPSA) is 93.7 Å². The summed E-state index contributed by atoms with van der Waals surface area (Å²) < 4.78 is 3.08. The molecule has 3 aromatic heterocycles. The van der Waals surface area contributed by atoms with Gasteiger partial charge in [-0.25, -0.2) is 15.1 Å². The SMILES string of the molecule is CCCn1nc(C(=O)N/N=C\c2c(Cl)nc3sccn23)c2ccccc2c1=O. The number of carbonyl (C=O) groups excluding carboxylic acids is 1. The Kier molecular flexibility index (Phi) is 4.93. The molecule has 0 aliphatic carbocycles. The molecule has 1 aromatic carbocycles. The molecule has 0 saturated heterocycles. The quantitative estimate of drug-likeness (QED) is 0.401. The fourth-order valence-corrected chi connectivity index (χ4v) is 3.85. The Labute approximate surface area is 168 Å². The summed E-state index contributed by atoms with van der Waals surface area (Å²) in [6.45, 7) is 2.36. The second-order valence-corrected chi connectivity index (χ2v) is 7.20. The molecule has 0 unspecified atom stereocenters. The molecule has 4 aromatic rings. The maximum absolute atomic E-state index is 12.7. The van der Waals surface area contributed by atoms with E-state index < -0.39 is 5.91 Å². The highest BCUT2D eigenvalue weighted by atomic mass is 35.5. The monoisotopic (exact) mass is 414 g/mol. The van der Waals surface area contributed by atoms with Crippen molar-refractivity contribution in [1.29, 1.82) is 0 Å². The van der Waals surface area contributed by atoms with Crippen LogP contribution in [-0.4, -0.2) is 31.3 Å². The molecule has 8 nitrogen and oxygen atoms in total. The van der Waals surface area contributed by atoms with Gasteiger partial charge >= 0.3 is 0 Å². The number of nitrogens with zero attached hydrogens (tertiary/aromatic N) is 5. The molecule has 3 heterocycles. The van der Waals surface area contributed by atoms with Crippen molar-refractivity contribution in [2.24, 2.45) is 5.10 Å². The molecule has 28 heavy (non-hydrogen) atoms. The van der Waals surface area contributed by atoms with Crippen molar-refractivity contribution in [2.45, 2.75) is 19.9 Å². The van der Waals surface area contributed by atoms with Crippen molar-refractivity contribution in [3.05, 3.63) is 62.7 Å². The minimum atomic E-state index is -0.514. The van der Waals surface area contributed by atoms with Gasteiger partial charge in [0.1, 0.15) is 5.69 Å². The highest BCUT2D eigenvalue weighted by Crippen LogP contribution is 2.19. The highest BCUT2D eigenvalue weighted by molar-refractivity contribution is 7.15. The predicted molar refractivity (Wildman–Crippen MR) is 109 cm³/mol. The molecular weight excluding hydrogens is 400 g/mol. The van der Waals surface area contributed by atoms with E-state index in [0.29, 0.717) is 28.2 Å². The second kappa shape index (κ2) is 7.53. The number of hydrogen-bond acceptors (Lipinski definition) is 6. The summed E-state index contributed by atoms with van der Waals surface area (Å²) in [4.78, 5) is 30.1. The molecule has 0 fully saturated rings. The number of thiazole rings is 1. The third-order valence-corrected chi connectivity index (χ3v) is 5.16. The van der Waals surface area contributed by atoms with Gasteiger partial charge < -0.3 is 0 Å². The molecule has 10 heteroatoms. The molecule has 0 bridgehead atoms. The molecule has 0 radical (unpaired) electrons. The van der Waals surface area contributed by atoms with Crippen LogP contribution in [0.5, 0.6) is 0 Å². The van der Waals surface area contributed by atoms with Crippen LogP contribution >= 0.6 is 22.9 Å². The van der Waals surface area contributed by atoms with Crippen LogP contribution in [0.3, 0.4) is 0 Å². The summed E-state index contributed by atoms with van der Waals surface area (Å²) >= 11 is 7.56. The summed E-state index contributed by atoms with van der Waals surface area (Å²) in [7, 11) is 0. The van der Waals surface area contributed by atoms with E-state index in [2.05, 4.69) is 20.6 Å². The van der Waals surface area contributed by atoms with Crippen LogP contribution in [0.2, 0.25) is 5.15 Å². The number of imidazole rings is 1. The van der Waals surface area contributed by atoms with Gasteiger partial charge in [-0.2, -0.15) is 10.2 Å². The van der Waals surface area contributed by atoms with Crippen molar-refractivity contribution in [1.82, 2.24) is 24.6 Å². The summed E-state index contributed by atoms with van der Waals surface area (Å²) in [6.07, 6.45) is 3.97. The Bertz CT molecular complexity index is 1270. The fraction of sp³-hybridized carbons (Fsp3) is 0.167. The number of carbonyl (C=O) groups is 1. The van der Waals surface area contributed by atoms with Crippen molar-refractivity contribution in [3.63, 3.8) is 0 Å². The van der Waals surface area contributed by atoms with Gasteiger partial charge in [-0.05, 0) is 12.5 Å². The van der Waals surface area contributed by atoms with Crippen LogP contribution in [0, 0.1) is 0 Å². The zero-order chi connectivity index (χ0) is 19.7. The highest BCUT2D eigenvalue weighted by Gasteiger charge is 2.16. The Morgan fingerprint density at radius 2 is 2.14 bits per heavy atom. The number of nitrogens with one attached hydrogen (secondary N) is 1. The third kappa shape index (κ3) is 3.19. The zero-order valence-electron chi connectivity index (χ0n) is 14.8. The first-order chi connectivity index (χ1) is 13.6. The van der Waals surface area contributed by atoms with E-state index in [0.717, 1.165) is 11.4 Å². The first-order valence-corrected chi connectivity index (χ1v) is 9.80. The zero-order valence-corrected chi connectivity index (χ0v) is 16.4. The Morgan fingerprint density at radius 3 is 2.93 bits per heavy atom. The molecule has 0 aliphatic rings. The van der Waals surface area contributed by atoms with E-state index in [1.807, 2.05) is 18.5 Å². The van der Waals surface area contributed by atoms with Crippen LogP contribution in [0.4, 0.5) is 0 Å². The Balaban J connectivity index is 1.67. The number of rotatable bonds is 5. The first kappa shape index (κ1) is 18.3. The first-order valence-electron chi connectivity index (χ1n) is 8.54. The maximum Gasteiger partial charge on any atom is 0.292 e. The Hall–Kier alpha value is -3.04. The molecule has 0 spiro atoms. The minimum Gasteiger partial charge on any atom is -0.288 e. The summed E-state index contributed by atoms with van der Waals surface area (Å²) in [5.74, 6) is -0.514. The van der Waals surface area contributed by atoms with Crippen molar-refractivity contribution in [3.8, 4) is 0 Å². The van der Waals surface area contributed by atoms with Crippen LogP contribution in [0.1, 0.15) is 29.5 Å². The lowest BCUT2D eigenvalue weighted by Gasteiger charge is -2.09. The van der Waals surface area contributed by atoms with Gasteiger partial charge in [0, 0.05) is 23.5 Å². The second-order valence-electron chi connectivity index (χ2n) is 5.97. The summed E-state index contributed by atoms with van der Waals surface area (Å²) in [5.41, 5.74) is 2.94. The van der Waals surface area contributed by atoms with Crippen LogP contribution in [0.15, 0.2) is 45.7 Å². The van der Waals surface area contributed by atoms with Crippen molar-refractivity contribution < 1.29 is 4.79 Å². The van der Waals surface area contributed by atoms with E-state index in [9.17, 15) is 9.59 Å². The van der Waals surface area contributed by atoms with Crippen molar-refractivity contribution >= 4 is 50.8 Å².